The minimum Gasteiger partial charge on any atom is -0.496 e. The highest BCUT2D eigenvalue weighted by atomic mass is 79.9. The SMILES string of the molecule is COc1ccc(C(=NO)c2ncc(C(F)(F)F)cc2Cl)cc1Br. The molecule has 0 saturated heterocycles. The van der Waals surface area contributed by atoms with Gasteiger partial charge in [-0.05, 0) is 40.2 Å². The van der Waals surface area contributed by atoms with Crippen molar-refractivity contribution in [3.8, 4) is 5.75 Å². The van der Waals surface area contributed by atoms with Gasteiger partial charge in [0, 0.05) is 11.8 Å². The first-order valence-corrected chi connectivity index (χ1v) is 7.24. The summed E-state index contributed by atoms with van der Waals surface area (Å²) >= 11 is 9.14. The Hall–Kier alpha value is -1.80. The number of pyridine rings is 1. The number of aromatic nitrogens is 1. The maximum atomic E-state index is 12.6. The van der Waals surface area contributed by atoms with Crippen molar-refractivity contribution in [1.29, 1.82) is 0 Å². The van der Waals surface area contributed by atoms with Crippen molar-refractivity contribution in [3.63, 3.8) is 0 Å². The van der Waals surface area contributed by atoms with Gasteiger partial charge in [-0.2, -0.15) is 13.2 Å². The fourth-order valence-corrected chi connectivity index (χ4v) is 2.62. The lowest BCUT2D eigenvalue weighted by Crippen LogP contribution is -2.11. The summed E-state index contributed by atoms with van der Waals surface area (Å²) in [6, 6.07) is 5.47. The molecule has 1 aromatic heterocycles. The number of methoxy groups -OCH3 is 1. The molecule has 0 aliphatic carbocycles. The molecule has 122 valence electrons. The van der Waals surface area contributed by atoms with Gasteiger partial charge in [0.25, 0.3) is 0 Å². The van der Waals surface area contributed by atoms with E-state index in [2.05, 4.69) is 26.1 Å². The van der Waals surface area contributed by atoms with Gasteiger partial charge in [0.2, 0.25) is 0 Å². The third-order valence-electron chi connectivity index (χ3n) is 2.92. The molecular formula is C14H9BrClF3N2O2. The Morgan fingerprint density at radius 2 is 2.04 bits per heavy atom. The van der Waals surface area contributed by atoms with Crippen LogP contribution in [-0.4, -0.2) is 23.0 Å². The molecule has 9 heteroatoms. The second kappa shape index (κ2) is 6.76. The monoisotopic (exact) mass is 408 g/mol. The highest BCUT2D eigenvalue weighted by molar-refractivity contribution is 9.10. The number of nitrogens with zero attached hydrogens (tertiary/aromatic N) is 2. The van der Waals surface area contributed by atoms with Crippen molar-refractivity contribution in [2.45, 2.75) is 6.18 Å². The molecule has 2 rings (SSSR count). The number of hydrogen-bond acceptors (Lipinski definition) is 4. The van der Waals surface area contributed by atoms with Crippen LogP contribution >= 0.6 is 27.5 Å². The van der Waals surface area contributed by atoms with Crippen LogP contribution in [0.5, 0.6) is 5.75 Å². The van der Waals surface area contributed by atoms with Crippen molar-refractivity contribution in [2.24, 2.45) is 5.16 Å². The minimum atomic E-state index is -4.56. The lowest BCUT2D eigenvalue weighted by Gasteiger charge is -2.11. The van der Waals surface area contributed by atoms with E-state index in [1.54, 1.807) is 18.2 Å². The third kappa shape index (κ3) is 3.76. The Kier molecular flexibility index (Phi) is 5.16. The molecule has 0 fully saturated rings. The first-order valence-electron chi connectivity index (χ1n) is 6.07. The molecule has 4 nitrogen and oxygen atoms in total. The molecule has 0 aliphatic heterocycles. The zero-order chi connectivity index (χ0) is 17.2. The van der Waals surface area contributed by atoms with Crippen LogP contribution in [0, 0.1) is 0 Å². The molecule has 0 bridgehead atoms. The Balaban J connectivity index is 2.49. The fraction of sp³-hybridized carbons (Fsp3) is 0.143. The van der Waals surface area contributed by atoms with Gasteiger partial charge in [-0.1, -0.05) is 16.8 Å². The first kappa shape index (κ1) is 17.6. The first-order chi connectivity index (χ1) is 10.8. The molecule has 0 unspecified atom stereocenters. The van der Waals surface area contributed by atoms with Gasteiger partial charge in [0.05, 0.1) is 22.2 Å². The lowest BCUT2D eigenvalue weighted by molar-refractivity contribution is -0.137. The summed E-state index contributed by atoms with van der Waals surface area (Å²) < 4.78 is 43.6. The minimum absolute atomic E-state index is 0.0629. The van der Waals surface area contributed by atoms with Crippen LogP contribution in [0.3, 0.4) is 0 Å². The van der Waals surface area contributed by atoms with E-state index in [1.165, 1.54) is 7.11 Å². The van der Waals surface area contributed by atoms with Gasteiger partial charge in [-0.3, -0.25) is 4.98 Å². The van der Waals surface area contributed by atoms with E-state index in [0.29, 0.717) is 22.0 Å². The number of alkyl halides is 3. The Bertz CT molecular complexity index is 766. The predicted octanol–water partition coefficient (Wildman–Crippen LogP) is 4.75. The van der Waals surface area contributed by atoms with Gasteiger partial charge in [0.1, 0.15) is 17.2 Å². The van der Waals surface area contributed by atoms with Crippen molar-refractivity contribution in [1.82, 2.24) is 4.98 Å². The van der Waals surface area contributed by atoms with Crippen LogP contribution in [0.1, 0.15) is 16.8 Å². The molecule has 0 atom stereocenters. The summed E-state index contributed by atoms with van der Waals surface area (Å²) in [7, 11) is 1.48. The van der Waals surface area contributed by atoms with E-state index >= 15 is 0 Å². The van der Waals surface area contributed by atoms with Crippen LogP contribution in [0.4, 0.5) is 13.2 Å². The highest BCUT2D eigenvalue weighted by Crippen LogP contribution is 2.32. The number of ether oxygens (including phenoxy) is 1. The quantitative estimate of drug-likeness (QED) is 0.452. The van der Waals surface area contributed by atoms with Crippen molar-refractivity contribution in [3.05, 3.63) is 56.8 Å². The average Bonchev–Trinajstić information content (AvgIpc) is 2.48. The van der Waals surface area contributed by atoms with Gasteiger partial charge in [-0.15, -0.1) is 0 Å². The van der Waals surface area contributed by atoms with Gasteiger partial charge in [0.15, 0.2) is 0 Å². The van der Waals surface area contributed by atoms with E-state index in [0.717, 1.165) is 6.07 Å². The zero-order valence-electron chi connectivity index (χ0n) is 11.5. The third-order valence-corrected chi connectivity index (χ3v) is 3.83. The van der Waals surface area contributed by atoms with Gasteiger partial charge >= 0.3 is 6.18 Å². The molecule has 1 N–H and O–H groups in total. The summed E-state index contributed by atoms with van der Waals surface area (Å²) in [6.07, 6.45) is -3.93. The predicted molar refractivity (Wildman–Crippen MR) is 82.4 cm³/mol. The fourth-order valence-electron chi connectivity index (χ4n) is 1.82. The van der Waals surface area contributed by atoms with E-state index < -0.39 is 11.7 Å². The standard InChI is InChI=1S/C14H9BrClF3N2O2/c1-23-11-3-2-7(4-9(11)15)12(21-22)13-10(16)5-8(6-20-13)14(17,18)19/h2-6,22H,1H3. The van der Waals surface area contributed by atoms with Crippen LogP contribution < -0.4 is 4.74 Å². The Labute approximate surface area is 142 Å². The Morgan fingerprint density at radius 1 is 1.35 bits per heavy atom. The molecule has 0 amide bonds. The number of benzene rings is 1. The molecule has 23 heavy (non-hydrogen) atoms. The van der Waals surface area contributed by atoms with E-state index in [9.17, 15) is 18.4 Å². The Morgan fingerprint density at radius 3 is 2.52 bits per heavy atom. The number of rotatable bonds is 3. The molecule has 0 spiro atoms. The summed E-state index contributed by atoms with van der Waals surface area (Å²) in [5.74, 6) is 0.539. The van der Waals surface area contributed by atoms with Crippen LogP contribution in [0.25, 0.3) is 0 Å². The zero-order valence-corrected chi connectivity index (χ0v) is 13.9. The van der Waals surface area contributed by atoms with E-state index in [4.69, 9.17) is 16.3 Å². The largest absolute Gasteiger partial charge is 0.496 e. The molecule has 1 heterocycles. The van der Waals surface area contributed by atoms with Crippen LogP contribution in [-0.2, 0) is 6.18 Å². The van der Waals surface area contributed by atoms with Crippen molar-refractivity contribution in [2.75, 3.05) is 7.11 Å². The average molecular weight is 410 g/mol. The summed E-state index contributed by atoms with van der Waals surface area (Å²) in [5.41, 5.74) is -0.722. The maximum absolute atomic E-state index is 12.6. The number of hydrogen-bond donors (Lipinski definition) is 1. The lowest BCUT2D eigenvalue weighted by atomic mass is 10.1. The maximum Gasteiger partial charge on any atom is 0.417 e. The number of oxime groups is 1. The van der Waals surface area contributed by atoms with Crippen LogP contribution in [0.15, 0.2) is 40.1 Å². The summed E-state index contributed by atoms with van der Waals surface area (Å²) in [4.78, 5) is 3.68. The number of halogens is 5. The molecule has 0 radical (unpaired) electrons. The van der Waals surface area contributed by atoms with Crippen molar-refractivity contribution >= 4 is 33.2 Å². The molecule has 0 aliphatic rings. The molecule has 1 aromatic carbocycles. The second-order valence-corrected chi connectivity index (χ2v) is 5.61. The summed E-state index contributed by atoms with van der Waals surface area (Å²) in [6.45, 7) is 0. The van der Waals surface area contributed by atoms with Gasteiger partial charge < -0.3 is 9.94 Å². The van der Waals surface area contributed by atoms with Gasteiger partial charge in [-0.25, -0.2) is 0 Å². The van der Waals surface area contributed by atoms with E-state index in [1.807, 2.05) is 0 Å². The molecule has 2 aromatic rings. The smallest absolute Gasteiger partial charge is 0.417 e. The topological polar surface area (TPSA) is 54.7 Å². The van der Waals surface area contributed by atoms with Crippen molar-refractivity contribution < 1.29 is 23.1 Å². The van der Waals surface area contributed by atoms with E-state index in [-0.39, 0.29) is 16.4 Å². The molecular weight excluding hydrogens is 401 g/mol. The van der Waals surface area contributed by atoms with Crippen LogP contribution in [0.2, 0.25) is 5.02 Å². The molecule has 0 saturated carbocycles. The normalized spacial score (nSPS) is 12.3. The highest BCUT2D eigenvalue weighted by Gasteiger charge is 2.32. The second-order valence-electron chi connectivity index (χ2n) is 4.35. The summed E-state index contributed by atoms with van der Waals surface area (Å²) in [5, 5.41) is 12.1.